The molecule has 1 N–H and O–H groups in total. The molecule has 1 heterocycles. The van der Waals surface area contributed by atoms with Crippen LogP contribution in [0.5, 0.6) is 11.5 Å². The Morgan fingerprint density at radius 2 is 1.92 bits per heavy atom. The Hall–Kier alpha value is -2.28. The van der Waals surface area contributed by atoms with Crippen LogP contribution in [0.15, 0.2) is 18.2 Å². The van der Waals surface area contributed by atoms with E-state index in [1.807, 2.05) is 13.0 Å². The molecule has 0 bridgehead atoms. The van der Waals surface area contributed by atoms with E-state index in [1.165, 1.54) is 0 Å². The van der Waals surface area contributed by atoms with E-state index in [0.29, 0.717) is 37.8 Å². The van der Waals surface area contributed by atoms with Gasteiger partial charge in [0.1, 0.15) is 11.5 Å². The van der Waals surface area contributed by atoms with Crippen LogP contribution in [0.1, 0.15) is 31.4 Å². The maximum atomic E-state index is 12.2. The summed E-state index contributed by atoms with van der Waals surface area (Å²) in [5.74, 6) is 1.20. The molecule has 2 rings (SSSR count). The van der Waals surface area contributed by atoms with Gasteiger partial charge in [0.15, 0.2) is 0 Å². The third-order valence-corrected chi connectivity index (χ3v) is 4.21. The molecule has 0 aliphatic carbocycles. The zero-order valence-corrected chi connectivity index (χ0v) is 15.0. The lowest BCUT2D eigenvalue weighted by atomic mass is 10.1. The summed E-state index contributed by atoms with van der Waals surface area (Å²) in [4.78, 5) is 26.0. The molecule has 1 fully saturated rings. The molecule has 7 heteroatoms. The Kier molecular flexibility index (Phi) is 7.06. The van der Waals surface area contributed by atoms with Crippen molar-refractivity contribution in [2.24, 2.45) is 0 Å². The van der Waals surface area contributed by atoms with Crippen molar-refractivity contribution in [2.45, 2.75) is 25.8 Å². The summed E-state index contributed by atoms with van der Waals surface area (Å²) >= 11 is 0. The van der Waals surface area contributed by atoms with Gasteiger partial charge in [-0.1, -0.05) is 0 Å². The maximum absolute atomic E-state index is 12.2. The first-order valence-electron chi connectivity index (χ1n) is 8.42. The van der Waals surface area contributed by atoms with Crippen LogP contribution in [0, 0.1) is 0 Å². The zero-order chi connectivity index (χ0) is 18.2. The average Bonchev–Trinajstić information content (AvgIpc) is 2.66. The first kappa shape index (κ1) is 19.1. The topological polar surface area (TPSA) is 77.1 Å². The second kappa shape index (κ2) is 9.27. The Morgan fingerprint density at radius 3 is 2.56 bits per heavy atom. The number of nitrogens with one attached hydrogen (secondary N) is 1. The van der Waals surface area contributed by atoms with Crippen LogP contribution >= 0.6 is 0 Å². The van der Waals surface area contributed by atoms with Gasteiger partial charge in [-0.3, -0.25) is 9.59 Å². The minimum atomic E-state index is -0.254. The molecule has 0 radical (unpaired) electrons. The van der Waals surface area contributed by atoms with Crippen LogP contribution in [-0.2, 0) is 14.3 Å². The number of nitrogens with zero attached hydrogens (tertiary/aromatic N) is 1. The minimum Gasteiger partial charge on any atom is -0.497 e. The van der Waals surface area contributed by atoms with E-state index in [-0.39, 0.29) is 30.7 Å². The number of carbonyl (C=O) groups is 2. The van der Waals surface area contributed by atoms with Crippen molar-refractivity contribution in [3.8, 4) is 11.5 Å². The minimum absolute atomic E-state index is 0.00920. The summed E-state index contributed by atoms with van der Waals surface area (Å²) in [6.45, 7) is 4.18. The maximum Gasteiger partial charge on any atom is 0.223 e. The monoisotopic (exact) mass is 350 g/mol. The lowest BCUT2D eigenvalue weighted by Gasteiger charge is -2.26. The van der Waals surface area contributed by atoms with Crippen LogP contribution in [0.4, 0.5) is 0 Å². The van der Waals surface area contributed by atoms with Crippen LogP contribution in [0.25, 0.3) is 0 Å². The summed E-state index contributed by atoms with van der Waals surface area (Å²) < 4.78 is 15.8. The molecule has 0 unspecified atom stereocenters. The van der Waals surface area contributed by atoms with Gasteiger partial charge in [-0.25, -0.2) is 0 Å². The van der Waals surface area contributed by atoms with E-state index in [0.717, 1.165) is 5.56 Å². The molecule has 138 valence electrons. The van der Waals surface area contributed by atoms with Gasteiger partial charge in [-0.2, -0.15) is 0 Å². The van der Waals surface area contributed by atoms with Crippen molar-refractivity contribution in [2.75, 3.05) is 40.5 Å². The van der Waals surface area contributed by atoms with Crippen molar-refractivity contribution in [1.29, 1.82) is 0 Å². The van der Waals surface area contributed by atoms with Gasteiger partial charge in [-0.05, 0) is 25.1 Å². The van der Waals surface area contributed by atoms with Gasteiger partial charge in [0, 0.05) is 31.5 Å². The molecule has 1 aromatic carbocycles. The molecule has 7 nitrogen and oxygen atoms in total. The standard InChI is InChI=1S/C18H26N2O5/c1-13(15-12-14(23-2)4-5-16(15)24-3)19-17(21)6-7-18(22)20-8-10-25-11-9-20/h4-5,12-13H,6-11H2,1-3H3,(H,19,21)/t13-/m1/s1. The number of carbonyl (C=O) groups excluding carboxylic acids is 2. The molecule has 1 aliphatic heterocycles. The average molecular weight is 350 g/mol. The highest BCUT2D eigenvalue weighted by Crippen LogP contribution is 2.29. The van der Waals surface area contributed by atoms with Gasteiger partial charge in [-0.15, -0.1) is 0 Å². The van der Waals surface area contributed by atoms with E-state index in [1.54, 1.807) is 31.3 Å². The number of hydrogen-bond acceptors (Lipinski definition) is 5. The van der Waals surface area contributed by atoms with Gasteiger partial charge >= 0.3 is 0 Å². The molecular weight excluding hydrogens is 324 g/mol. The quantitative estimate of drug-likeness (QED) is 0.807. The number of ether oxygens (including phenoxy) is 3. The highest BCUT2D eigenvalue weighted by atomic mass is 16.5. The molecule has 1 atom stereocenters. The lowest BCUT2D eigenvalue weighted by molar-refractivity contribution is -0.137. The van der Waals surface area contributed by atoms with Crippen molar-refractivity contribution < 1.29 is 23.8 Å². The van der Waals surface area contributed by atoms with Gasteiger partial charge in [0.2, 0.25) is 11.8 Å². The molecule has 0 spiro atoms. The first-order valence-corrected chi connectivity index (χ1v) is 8.42. The van der Waals surface area contributed by atoms with Crippen LogP contribution < -0.4 is 14.8 Å². The summed E-state index contributed by atoms with van der Waals surface area (Å²) in [7, 11) is 3.17. The Bertz CT molecular complexity index is 599. The molecule has 0 aromatic heterocycles. The Balaban J connectivity index is 1.88. The van der Waals surface area contributed by atoms with Gasteiger partial charge in [0.05, 0.1) is 33.5 Å². The zero-order valence-electron chi connectivity index (χ0n) is 15.0. The molecule has 2 amide bonds. The van der Waals surface area contributed by atoms with E-state index >= 15 is 0 Å². The SMILES string of the molecule is COc1ccc(OC)c([C@@H](C)NC(=O)CCC(=O)N2CCOCC2)c1. The molecule has 25 heavy (non-hydrogen) atoms. The fraction of sp³-hybridized carbons (Fsp3) is 0.556. The van der Waals surface area contributed by atoms with E-state index in [4.69, 9.17) is 14.2 Å². The van der Waals surface area contributed by atoms with E-state index < -0.39 is 0 Å². The third-order valence-electron chi connectivity index (χ3n) is 4.21. The highest BCUT2D eigenvalue weighted by Gasteiger charge is 2.19. The first-order chi connectivity index (χ1) is 12.0. The van der Waals surface area contributed by atoms with Crippen molar-refractivity contribution >= 4 is 11.8 Å². The fourth-order valence-corrected chi connectivity index (χ4v) is 2.76. The number of morpholine rings is 1. The number of benzene rings is 1. The Labute approximate surface area is 148 Å². The molecule has 1 saturated heterocycles. The number of amides is 2. The van der Waals surface area contributed by atoms with Crippen molar-refractivity contribution in [1.82, 2.24) is 10.2 Å². The predicted octanol–water partition coefficient (Wildman–Crippen LogP) is 1.52. The smallest absolute Gasteiger partial charge is 0.223 e. The van der Waals surface area contributed by atoms with E-state index in [2.05, 4.69) is 5.32 Å². The second-order valence-electron chi connectivity index (χ2n) is 5.89. The summed E-state index contributed by atoms with van der Waals surface area (Å²) in [6.07, 6.45) is 0.362. The fourth-order valence-electron chi connectivity index (χ4n) is 2.76. The van der Waals surface area contributed by atoms with Crippen molar-refractivity contribution in [3.05, 3.63) is 23.8 Å². The molecular formula is C18H26N2O5. The highest BCUT2D eigenvalue weighted by molar-refractivity contribution is 5.84. The van der Waals surface area contributed by atoms with Crippen LogP contribution in [0.3, 0.4) is 0 Å². The van der Waals surface area contributed by atoms with Crippen molar-refractivity contribution in [3.63, 3.8) is 0 Å². The predicted molar refractivity (Wildman–Crippen MR) is 92.7 cm³/mol. The third kappa shape index (κ3) is 5.35. The normalized spacial score (nSPS) is 15.4. The van der Waals surface area contributed by atoms with Gasteiger partial charge in [0.25, 0.3) is 0 Å². The molecule has 0 saturated carbocycles. The van der Waals surface area contributed by atoms with E-state index in [9.17, 15) is 9.59 Å². The van der Waals surface area contributed by atoms with Gasteiger partial charge < -0.3 is 24.4 Å². The largest absolute Gasteiger partial charge is 0.497 e. The Morgan fingerprint density at radius 1 is 1.20 bits per heavy atom. The van der Waals surface area contributed by atoms with Crippen LogP contribution in [0.2, 0.25) is 0 Å². The second-order valence-corrected chi connectivity index (χ2v) is 5.89. The number of hydrogen-bond donors (Lipinski definition) is 1. The number of methoxy groups -OCH3 is 2. The summed E-state index contributed by atoms with van der Waals surface area (Å²) in [6, 6.07) is 5.19. The lowest BCUT2D eigenvalue weighted by Crippen LogP contribution is -2.41. The van der Waals surface area contributed by atoms with Crippen LogP contribution in [-0.4, -0.2) is 57.2 Å². The summed E-state index contributed by atoms with van der Waals surface area (Å²) in [5, 5.41) is 2.91. The summed E-state index contributed by atoms with van der Waals surface area (Å²) in [5.41, 5.74) is 0.828. The number of rotatable bonds is 7. The molecule has 1 aromatic rings. The molecule has 1 aliphatic rings.